The molecule has 56 heavy (non-hydrogen) atoms. The number of phenolic OH excluding ortho intramolecular Hbond substituents is 1. The Morgan fingerprint density at radius 1 is 0.768 bits per heavy atom. The number of hydrogen-bond acceptors (Lipinski definition) is 13. The number of ketones is 1. The summed E-state index contributed by atoms with van der Waals surface area (Å²) in [6, 6.07) is 1.48. The predicted octanol–water partition coefficient (Wildman–Crippen LogP) is 7.11. The van der Waals surface area contributed by atoms with Crippen molar-refractivity contribution >= 4 is 45.6 Å². The smallest absolute Gasteiger partial charge is 0.356 e. The number of hydrogen-bond donors (Lipinski definition) is 3. The maximum absolute atomic E-state index is 13.9. The van der Waals surface area contributed by atoms with Crippen LogP contribution in [0, 0.1) is 55.4 Å². The van der Waals surface area contributed by atoms with Crippen LogP contribution in [0.2, 0.25) is 0 Å². The van der Waals surface area contributed by atoms with Crippen LogP contribution in [-0.2, 0) is 14.3 Å². The van der Waals surface area contributed by atoms with E-state index in [1.54, 1.807) is 41.5 Å². The normalized spacial score (nSPS) is 15.2. The number of halogens is 1. The van der Waals surface area contributed by atoms with Gasteiger partial charge in [0.2, 0.25) is 5.60 Å². The maximum atomic E-state index is 13.9. The average Bonchev–Trinajstić information content (AvgIpc) is 3.66. The Kier molecular flexibility index (Phi) is 11.2. The van der Waals surface area contributed by atoms with Crippen molar-refractivity contribution in [1.82, 2.24) is 5.16 Å². The van der Waals surface area contributed by atoms with Gasteiger partial charge in [-0.25, -0.2) is 19.2 Å². The van der Waals surface area contributed by atoms with Gasteiger partial charge in [-0.3, -0.25) is 4.79 Å². The third-order valence-electron chi connectivity index (χ3n) is 10.2. The number of carbonyl (C=O) groups is 5. The van der Waals surface area contributed by atoms with Gasteiger partial charge < -0.3 is 38.8 Å². The van der Waals surface area contributed by atoms with Gasteiger partial charge >= 0.3 is 23.9 Å². The van der Waals surface area contributed by atoms with Crippen molar-refractivity contribution in [1.29, 1.82) is 0 Å². The van der Waals surface area contributed by atoms with Crippen molar-refractivity contribution < 1.29 is 62.8 Å². The number of carboxylic acids is 1. The van der Waals surface area contributed by atoms with Crippen LogP contribution in [0.3, 0.4) is 0 Å². The molecule has 15 heteroatoms. The molecule has 1 aliphatic rings. The SMILES string of the molecule is COC1=CC(=O)C=C(C)[C@]1(O)C(=O)Oc1c(C)c(C)c(C(=O)Oc2cc(C)c(C(=O)Oc3c(C)c(C)c(C(=O)O)c(C)c3-c3cnoc3)c(C)c2C)c(O)c1Br. The van der Waals surface area contributed by atoms with Crippen LogP contribution >= 0.6 is 15.9 Å². The van der Waals surface area contributed by atoms with E-state index in [0.29, 0.717) is 44.5 Å². The van der Waals surface area contributed by atoms with Crippen LogP contribution in [0.25, 0.3) is 11.1 Å². The molecule has 0 radical (unpaired) electrons. The number of allylic oxidation sites excluding steroid dienone is 2. The Morgan fingerprint density at radius 2 is 1.36 bits per heavy atom. The quantitative estimate of drug-likeness (QED) is 0.113. The Morgan fingerprint density at radius 3 is 1.95 bits per heavy atom. The van der Waals surface area contributed by atoms with E-state index in [1.807, 2.05) is 0 Å². The number of aryl methyl sites for hydroxylation is 1. The molecule has 1 heterocycles. The van der Waals surface area contributed by atoms with E-state index >= 15 is 0 Å². The van der Waals surface area contributed by atoms with E-state index in [4.69, 9.17) is 23.5 Å². The molecule has 0 fully saturated rings. The molecule has 1 atom stereocenters. The molecule has 0 bridgehead atoms. The van der Waals surface area contributed by atoms with Gasteiger partial charge in [0.05, 0.1) is 24.4 Å². The van der Waals surface area contributed by atoms with Crippen LogP contribution in [-0.4, -0.2) is 62.8 Å². The van der Waals surface area contributed by atoms with Crippen LogP contribution < -0.4 is 14.2 Å². The second kappa shape index (κ2) is 15.2. The van der Waals surface area contributed by atoms with Crippen molar-refractivity contribution in [2.75, 3.05) is 7.11 Å². The number of aliphatic hydroxyl groups is 1. The molecule has 14 nitrogen and oxygen atoms in total. The number of ether oxygens (including phenoxy) is 4. The lowest BCUT2D eigenvalue weighted by atomic mass is 9.87. The molecule has 1 aromatic heterocycles. The molecule has 292 valence electrons. The number of methoxy groups -OCH3 is 1. The fourth-order valence-electron chi connectivity index (χ4n) is 6.72. The van der Waals surface area contributed by atoms with E-state index in [2.05, 4.69) is 21.1 Å². The van der Waals surface area contributed by atoms with Gasteiger partial charge in [-0.15, -0.1) is 0 Å². The second-order valence-electron chi connectivity index (χ2n) is 13.4. The van der Waals surface area contributed by atoms with Gasteiger partial charge in [0.1, 0.15) is 39.3 Å². The van der Waals surface area contributed by atoms with Gasteiger partial charge in [0.25, 0.3) is 0 Å². The number of phenols is 1. The van der Waals surface area contributed by atoms with Crippen molar-refractivity contribution in [3.63, 3.8) is 0 Å². The first-order chi connectivity index (χ1) is 26.2. The topological polar surface area (TPSA) is 209 Å². The van der Waals surface area contributed by atoms with Crippen molar-refractivity contribution in [3.8, 4) is 34.1 Å². The highest BCUT2D eigenvalue weighted by Crippen LogP contribution is 2.45. The fraction of sp³-hybridized carbons (Fsp3) is 0.268. The minimum Gasteiger partial charge on any atom is -0.506 e. The Hall–Kier alpha value is -6.06. The fourth-order valence-corrected chi connectivity index (χ4v) is 7.29. The number of benzene rings is 3. The lowest BCUT2D eigenvalue weighted by Gasteiger charge is -2.30. The van der Waals surface area contributed by atoms with Gasteiger partial charge in [-0.2, -0.15) is 0 Å². The zero-order valence-corrected chi connectivity index (χ0v) is 33.7. The number of esters is 3. The zero-order valence-electron chi connectivity index (χ0n) is 32.1. The number of aromatic nitrogens is 1. The molecule has 5 rings (SSSR count). The van der Waals surface area contributed by atoms with Gasteiger partial charge in [0, 0.05) is 17.2 Å². The minimum absolute atomic E-state index is 0.0479. The summed E-state index contributed by atoms with van der Waals surface area (Å²) >= 11 is 3.21. The molecule has 0 spiro atoms. The van der Waals surface area contributed by atoms with Crippen molar-refractivity contribution in [2.24, 2.45) is 0 Å². The molecule has 4 aromatic rings. The summed E-state index contributed by atoms with van der Waals surface area (Å²) in [6.07, 6.45) is 4.74. The van der Waals surface area contributed by atoms with Crippen LogP contribution in [0.15, 0.2) is 51.0 Å². The monoisotopic (exact) mass is 831 g/mol. The first-order valence-electron chi connectivity index (χ1n) is 17.0. The number of carboxylic acid groups (broad SMARTS) is 1. The summed E-state index contributed by atoms with van der Waals surface area (Å²) in [7, 11) is 1.18. The number of nitrogens with zero attached hydrogens (tertiary/aromatic N) is 1. The maximum Gasteiger partial charge on any atom is 0.356 e. The Labute approximate surface area is 329 Å². The van der Waals surface area contributed by atoms with Crippen LogP contribution in [0.5, 0.6) is 23.0 Å². The first kappa shape index (κ1) is 41.1. The van der Waals surface area contributed by atoms with E-state index < -0.39 is 41.0 Å². The van der Waals surface area contributed by atoms with Crippen LogP contribution in [0.4, 0.5) is 0 Å². The molecule has 0 saturated heterocycles. The predicted molar refractivity (Wildman–Crippen MR) is 203 cm³/mol. The Balaban J connectivity index is 1.47. The number of rotatable bonds is 9. The lowest BCUT2D eigenvalue weighted by Crippen LogP contribution is -2.47. The second-order valence-corrected chi connectivity index (χ2v) is 14.2. The highest BCUT2D eigenvalue weighted by atomic mass is 79.9. The number of aromatic hydroxyl groups is 1. The average molecular weight is 833 g/mol. The molecular weight excluding hydrogens is 794 g/mol. The molecule has 0 unspecified atom stereocenters. The first-order valence-corrected chi connectivity index (χ1v) is 17.7. The summed E-state index contributed by atoms with van der Waals surface area (Å²) in [4.78, 5) is 65.3. The van der Waals surface area contributed by atoms with Gasteiger partial charge in [-0.05, 0) is 140 Å². The summed E-state index contributed by atoms with van der Waals surface area (Å²) in [5, 5.41) is 36.2. The molecule has 1 aliphatic carbocycles. The highest BCUT2D eigenvalue weighted by Gasteiger charge is 2.48. The minimum atomic E-state index is -2.44. The Bertz CT molecular complexity index is 2430. The van der Waals surface area contributed by atoms with Crippen molar-refractivity contribution in [2.45, 2.75) is 67.9 Å². The highest BCUT2D eigenvalue weighted by molar-refractivity contribution is 9.10. The molecule has 0 aliphatic heterocycles. The summed E-state index contributed by atoms with van der Waals surface area (Å²) in [5.41, 5.74) is 1.09. The van der Waals surface area contributed by atoms with Crippen LogP contribution in [0.1, 0.15) is 82.5 Å². The lowest BCUT2D eigenvalue weighted by molar-refractivity contribution is -0.151. The zero-order chi connectivity index (χ0) is 41.7. The standard InChI is InChI=1S/C41H38BrNO13/c1-16-11-27(18(3)19(4)29(16)38(48)55-35-22(7)20(5)30(37(46)47)24(9)31(35)25-14-43-53-15-25)54-39(49)32-21(6)23(8)36(33(42)34(32)45)56-40(50)41(51)17(2)12-26(44)13-28(41)52-10/h11-15,45,51H,1-10H3,(H,46,47)/t41-/m1/s1. The molecule has 0 saturated carbocycles. The van der Waals surface area contributed by atoms with E-state index in [-0.39, 0.29) is 60.9 Å². The summed E-state index contributed by atoms with van der Waals surface area (Å²) in [6.45, 7) is 14.2. The molecule has 0 amide bonds. The molecule has 3 N–H and O–H groups in total. The largest absolute Gasteiger partial charge is 0.506 e. The molecular formula is C41H38BrNO13. The summed E-state index contributed by atoms with van der Waals surface area (Å²) in [5.74, 6) is -5.53. The van der Waals surface area contributed by atoms with Gasteiger partial charge in [-0.1, -0.05) is 5.16 Å². The van der Waals surface area contributed by atoms with Gasteiger partial charge in [0.15, 0.2) is 11.5 Å². The van der Waals surface area contributed by atoms with E-state index in [1.165, 1.54) is 46.4 Å². The van der Waals surface area contributed by atoms with E-state index in [0.717, 1.165) is 12.2 Å². The summed E-state index contributed by atoms with van der Waals surface area (Å²) < 4.78 is 27.3. The molecule has 3 aromatic carbocycles. The van der Waals surface area contributed by atoms with E-state index in [9.17, 15) is 39.3 Å². The van der Waals surface area contributed by atoms with Crippen molar-refractivity contribution in [3.05, 3.63) is 108 Å². The number of aromatic carboxylic acids is 1. The number of carbonyl (C=O) groups excluding carboxylic acids is 4. The third-order valence-corrected chi connectivity index (χ3v) is 11.0. The third kappa shape index (κ3) is 6.77.